The first kappa shape index (κ1) is 13.5. The Morgan fingerprint density at radius 3 is 2.74 bits per heavy atom. The van der Waals surface area contributed by atoms with E-state index in [1.165, 1.54) is 4.68 Å². The summed E-state index contributed by atoms with van der Waals surface area (Å²) >= 11 is 3.17. The summed E-state index contributed by atoms with van der Waals surface area (Å²) in [6.07, 6.45) is 0. The van der Waals surface area contributed by atoms with Gasteiger partial charge in [-0.1, -0.05) is 5.21 Å². The van der Waals surface area contributed by atoms with E-state index in [4.69, 9.17) is 0 Å². The lowest BCUT2D eigenvalue weighted by Crippen LogP contribution is -2.39. The van der Waals surface area contributed by atoms with Gasteiger partial charge in [-0.05, 0) is 47.8 Å². The highest BCUT2D eigenvalue weighted by Gasteiger charge is 2.48. The average Bonchev–Trinajstić information content (AvgIpc) is 2.97. The molecule has 0 aliphatic carbocycles. The molecule has 7 nitrogen and oxygen atoms in total. The van der Waals surface area contributed by atoms with Crippen molar-refractivity contribution in [2.75, 3.05) is 19.6 Å². The average molecular weight is 350 g/mol. The molecule has 3 atom stereocenters. The van der Waals surface area contributed by atoms with Gasteiger partial charge in [0.2, 0.25) is 5.03 Å². The second kappa shape index (κ2) is 4.51. The molecule has 9 heteroatoms. The molecule has 2 fully saturated rings. The maximum Gasteiger partial charge on any atom is 0.263 e. The Hall–Kier alpha value is -0.510. The molecular weight excluding hydrogens is 334 g/mol. The van der Waals surface area contributed by atoms with Gasteiger partial charge in [0.1, 0.15) is 0 Å². The fourth-order valence-corrected chi connectivity index (χ4v) is 5.92. The first-order valence-corrected chi connectivity index (χ1v) is 8.44. The van der Waals surface area contributed by atoms with E-state index in [0.29, 0.717) is 18.4 Å². The molecule has 0 amide bonds. The molecule has 0 aromatic carbocycles. The summed E-state index contributed by atoms with van der Waals surface area (Å²) in [5, 5.41) is 11.0. The first-order valence-electron chi connectivity index (χ1n) is 6.20. The smallest absolute Gasteiger partial charge is 0.263 e. The highest BCUT2D eigenvalue weighted by Crippen LogP contribution is 2.36. The lowest BCUT2D eigenvalue weighted by molar-refractivity contribution is 0.357. The Morgan fingerprint density at radius 2 is 2.16 bits per heavy atom. The van der Waals surface area contributed by atoms with Crippen LogP contribution in [0, 0.1) is 11.8 Å². The van der Waals surface area contributed by atoms with Crippen molar-refractivity contribution in [2.45, 2.75) is 18.0 Å². The Bertz CT molecular complexity index is 582. The van der Waals surface area contributed by atoms with Gasteiger partial charge in [-0.3, -0.25) is 0 Å². The van der Waals surface area contributed by atoms with E-state index in [2.05, 4.69) is 31.6 Å². The molecule has 0 spiro atoms. The number of fused-ring (bicyclic) bond motifs is 1. The standard InChI is InChI=1S/C10H16BrN5O2S/c1-6-8-4-12-3-7(8)5-16(6)19(17,18)10-9(11)13-14-15(10)2/h6-8,12H,3-5H2,1-2H3. The number of hydrogen-bond acceptors (Lipinski definition) is 5. The summed E-state index contributed by atoms with van der Waals surface area (Å²) in [5.74, 6) is 0.805. The third-order valence-corrected chi connectivity index (χ3v) is 7.01. The van der Waals surface area contributed by atoms with E-state index < -0.39 is 10.0 Å². The number of nitrogens with zero attached hydrogens (tertiary/aromatic N) is 4. The zero-order chi connectivity index (χ0) is 13.8. The van der Waals surface area contributed by atoms with Gasteiger partial charge in [-0.25, -0.2) is 13.1 Å². The minimum absolute atomic E-state index is 0.00630. The van der Waals surface area contributed by atoms with Crippen LogP contribution in [0.3, 0.4) is 0 Å². The van der Waals surface area contributed by atoms with Crippen LogP contribution in [-0.4, -0.2) is 53.4 Å². The van der Waals surface area contributed by atoms with Crippen LogP contribution >= 0.6 is 15.9 Å². The lowest BCUT2D eigenvalue weighted by atomic mass is 9.95. The van der Waals surface area contributed by atoms with Crippen LogP contribution in [0.5, 0.6) is 0 Å². The first-order chi connectivity index (χ1) is 8.93. The molecule has 2 saturated heterocycles. The van der Waals surface area contributed by atoms with Gasteiger partial charge in [0.05, 0.1) is 0 Å². The molecule has 106 valence electrons. The van der Waals surface area contributed by atoms with Gasteiger partial charge in [-0.15, -0.1) is 5.10 Å². The van der Waals surface area contributed by atoms with Crippen molar-refractivity contribution in [3.05, 3.63) is 4.60 Å². The van der Waals surface area contributed by atoms with Crippen molar-refractivity contribution in [3.63, 3.8) is 0 Å². The molecule has 1 aromatic heterocycles. The van der Waals surface area contributed by atoms with Crippen LogP contribution < -0.4 is 5.32 Å². The molecule has 0 saturated carbocycles. The van der Waals surface area contributed by atoms with Gasteiger partial charge in [0.15, 0.2) is 4.60 Å². The van der Waals surface area contributed by atoms with Crippen molar-refractivity contribution in [1.29, 1.82) is 0 Å². The Kier molecular flexibility index (Phi) is 3.19. The molecule has 3 unspecified atom stereocenters. The third kappa shape index (κ3) is 1.94. The zero-order valence-electron chi connectivity index (χ0n) is 10.7. The summed E-state index contributed by atoms with van der Waals surface area (Å²) in [4.78, 5) is 0. The Balaban J connectivity index is 1.98. The minimum Gasteiger partial charge on any atom is -0.316 e. The fourth-order valence-electron chi connectivity index (χ4n) is 3.15. The summed E-state index contributed by atoms with van der Waals surface area (Å²) in [6, 6.07) is 0.00630. The third-order valence-electron chi connectivity index (χ3n) is 4.17. The minimum atomic E-state index is -3.55. The maximum atomic E-state index is 12.8. The monoisotopic (exact) mass is 349 g/mol. The van der Waals surface area contributed by atoms with E-state index in [1.807, 2.05) is 6.92 Å². The van der Waals surface area contributed by atoms with Crippen molar-refractivity contribution < 1.29 is 8.42 Å². The molecule has 0 radical (unpaired) electrons. The van der Waals surface area contributed by atoms with E-state index in [1.54, 1.807) is 11.4 Å². The molecule has 3 heterocycles. The van der Waals surface area contributed by atoms with Crippen LogP contribution in [0.2, 0.25) is 0 Å². The number of halogens is 1. The zero-order valence-corrected chi connectivity index (χ0v) is 13.1. The number of rotatable bonds is 2. The number of aryl methyl sites for hydroxylation is 1. The van der Waals surface area contributed by atoms with Crippen LogP contribution in [-0.2, 0) is 17.1 Å². The van der Waals surface area contributed by atoms with E-state index >= 15 is 0 Å². The van der Waals surface area contributed by atoms with Crippen molar-refractivity contribution in [3.8, 4) is 0 Å². The quantitative estimate of drug-likeness (QED) is 0.800. The Morgan fingerprint density at radius 1 is 1.42 bits per heavy atom. The van der Waals surface area contributed by atoms with Crippen molar-refractivity contribution in [2.24, 2.45) is 18.9 Å². The molecule has 2 aliphatic rings. The highest BCUT2D eigenvalue weighted by atomic mass is 79.9. The topological polar surface area (TPSA) is 80.1 Å². The highest BCUT2D eigenvalue weighted by molar-refractivity contribution is 9.10. The number of nitrogens with one attached hydrogen (secondary N) is 1. The van der Waals surface area contributed by atoms with Gasteiger partial charge in [0.25, 0.3) is 10.0 Å². The van der Waals surface area contributed by atoms with Crippen molar-refractivity contribution >= 4 is 26.0 Å². The normalized spacial score (nSPS) is 31.8. The van der Waals surface area contributed by atoms with E-state index in [0.717, 1.165) is 13.1 Å². The largest absolute Gasteiger partial charge is 0.316 e. The van der Waals surface area contributed by atoms with Crippen molar-refractivity contribution in [1.82, 2.24) is 24.6 Å². The lowest BCUT2D eigenvalue weighted by Gasteiger charge is -2.23. The number of hydrogen-bond donors (Lipinski definition) is 1. The second-order valence-corrected chi connectivity index (χ2v) is 7.76. The van der Waals surface area contributed by atoms with E-state index in [9.17, 15) is 8.42 Å². The molecule has 1 N–H and O–H groups in total. The number of aromatic nitrogens is 3. The summed E-state index contributed by atoms with van der Waals surface area (Å²) < 4.78 is 28.7. The Labute approximate surface area is 120 Å². The number of sulfonamides is 1. The van der Waals surface area contributed by atoms with Crippen LogP contribution in [0.25, 0.3) is 0 Å². The molecule has 3 rings (SSSR count). The fraction of sp³-hybridized carbons (Fsp3) is 0.800. The van der Waals surface area contributed by atoms with Crippen LogP contribution in [0.1, 0.15) is 6.92 Å². The summed E-state index contributed by atoms with van der Waals surface area (Å²) in [6.45, 7) is 4.33. The summed E-state index contributed by atoms with van der Waals surface area (Å²) in [5.41, 5.74) is 0. The molecular formula is C10H16BrN5O2S. The molecule has 0 bridgehead atoms. The van der Waals surface area contributed by atoms with Gasteiger partial charge in [0, 0.05) is 19.6 Å². The van der Waals surface area contributed by atoms with Gasteiger partial charge >= 0.3 is 0 Å². The van der Waals surface area contributed by atoms with Crippen LogP contribution in [0.15, 0.2) is 9.63 Å². The van der Waals surface area contributed by atoms with Gasteiger partial charge < -0.3 is 5.32 Å². The molecule has 19 heavy (non-hydrogen) atoms. The van der Waals surface area contributed by atoms with Gasteiger partial charge in [-0.2, -0.15) is 4.31 Å². The van der Waals surface area contributed by atoms with E-state index in [-0.39, 0.29) is 15.7 Å². The molecule has 2 aliphatic heterocycles. The predicted molar refractivity (Wildman–Crippen MR) is 71.9 cm³/mol. The van der Waals surface area contributed by atoms with Crippen LogP contribution in [0.4, 0.5) is 0 Å². The maximum absolute atomic E-state index is 12.8. The SMILES string of the molecule is CC1C2CNCC2CN1S(=O)(=O)c1c(Br)nnn1C. The second-order valence-electron chi connectivity index (χ2n) is 5.21. The predicted octanol–water partition coefficient (Wildman–Crippen LogP) is -0.194. The summed E-state index contributed by atoms with van der Waals surface area (Å²) in [7, 11) is -1.96. The molecule has 1 aromatic rings.